The molecule has 1 unspecified atom stereocenters. The Hall–Kier alpha value is -0.110. The van der Waals surface area contributed by atoms with Crippen molar-refractivity contribution in [1.29, 1.82) is 0 Å². The fourth-order valence-electron chi connectivity index (χ4n) is 3.86. The van der Waals surface area contributed by atoms with Crippen molar-refractivity contribution >= 4 is 0 Å². The van der Waals surface area contributed by atoms with Gasteiger partial charge in [-0.05, 0) is 49.0 Å². The Morgan fingerprint density at radius 2 is 2.07 bits per heavy atom. The lowest BCUT2D eigenvalue weighted by Crippen LogP contribution is -2.44. The lowest BCUT2D eigenvalue weighted by Gasteiger charge is -2.39. The largest absolute Gasteiger partial charge is 0.313 e. The molecule has 0 heterocycles. The van der Waals surface area contributed by atoms with Gasteiger partial charge in [-0.3, -0.25) is 4.39 Å². The Kier molecular flexibility index (Phi) is 2.83. The van der Waals surface area contributed by atoms with Gasteiger partial charge in [-0.1, -0.05) is 20.8 Å². The van der Waals surface area contributed by atoms with Crippen molar-refractivity contribution in [2.24, 2.45) is 16.7 Å². The molecule has 88 valence electrons. The minimum absolute atomic E-state index is 0.191. The number of alkyl halides is 1. The molecule has 1 nitrogen and oxygen atoms in total. The van der Waals surface area contributed by atoms with Gasteiger partial charge in [0.2, 0.25) is 0 Å². The maximum atomic E-state index is 12.1. The first-order valence-corrected chi connectivity index (χ1v) is 6.32. The zero-order chi connectivity index (χ0) is 11.1. The molecular formula is C13H24FN. The molecule has 2 fully saturated rings. The summed E-state index contributed by atoms with van der Waals surface area (Å²) in [5.41, 5.74) is 0.911. The van der Waals surface area contributed by atoms with Gasteiger partial charge in [-0.15, -0.1) is 0 Å². The van der Waals surface area contributed by atoms with Crippen molar-refractivity contribution in [3.05, 3.63) is 0 Å². The Labute approximate surface area is 92.8 Å². The number of fused-ring (bicyclic) bond motifs is 2. The van der Waals surface area contributed by atoms with Crippen LogP contribution in [0.1, 0.15) is 46.5 Å². The van der Waals surface area contributed by atoms with Crippen molar-refractivity contribution in [2.45, 2.75) is 52.5 Å². The van der Waals surface area contributed by atoms with Crippen LogP contribution < -0.4 is 5.32 Å². The molecule has 0 saturated heterocycles. The van der Waals surface area contributed by atoms with E-state index in [1.807, 2.05) is 0 Å². The van der Waals surface area contributed by atoms with E-state index in [2.05, 4.69) is 26.1 Å². The van der Waals surface area contributed by atoms with Gasteiger partial charge in [0.25, 0.3) is 0 Å². The number of halogens is 1. The van der Waals surface area contributed by atoms with Crippen LogP contribution in [0.4, 0.5) is 4.39 Å². The quantitative estimate of drug-likeness (QED) is 0.707. The molecule has 0 aromatic rings. The van der Waals surface area contributed by atoms with E-state index < -0.39 is 0 Å². The lowest BCUT2D eigenvalue weighted by atomic mass is 9.69. The van der Waals surface area contributed by atoms with Crippen LogP contribution in [-0.2, 0) is 0 Å². The summed E-state index contributed by atoms with van der Waals surface area (Å²) in [7, 11) is 0. The molecule has 15 heavy (non-hydrogen) atoms. The van der Waals surface area contributed by atoms with E-state index in [1.165, 1.54) is 19.3 Å². The van der Waals surface area contributed by atoms with Crippen molar-refractivity contribution < 1.29 is 4.39 Å². The third-order valence-electron chi connectivity index (χ3n) is 5.50. The number of nitrogens with one attached hydrogen (secondary N) is 1. The molecule has 3 atom stereocenters. The fourth-order valence-corrected chi connectivity index (χ4v) is 3.86. The Bertz CT molecular complexity index is 239. The molecule has 2 aliphatic carbocycles. The van der Waals surface area contributed by atoms with Crippen molar-refractivity contribution in [1.82, 2.24) is 5.32 Å². The highest BCUT2D eigenvalue weighted by atomic mass is 19.1. The Morgan fingerprint density at radius 1 is 1.33 bits per heavy atom. The lowest BCUT2D eigenvalue weighted by molar-refractivity contribution is 0.121. The first kappa shape index (κ1) is 11.4. The molecule has 0 spiro atoms. The summed E-state index contributed by atoms with van der Waals surface area (Å²) in [5, 5.41) is 3.57. The van der Waals surface area contributed by atoms with Crippen LogP contribution in [0.2, 0.25) is 0 Å². The van der Waals surface area contributed by atoms with Crippen LogP contribution in [0, 0.1) is 16.7 Å². The summed E-state index contributed by atoms with van der Waals surface area (Å²) in [5.74, 6) is 0.880. The number of rotatable bonds is 4. The number of hydrogen-bond donors (Lipinski definition) is 1. The maximum absolute atomic E-state index is 12.1. The van der Waals surface area contributed by atoms with Crippen molar-refractivity contribution in [2.75, 3.05) is 13.2 Å². The Morgan fingerprint density at radius 3 is 2.53 bits per heavy atom. The van der Waals surface area contributed by atoms with Gasteiger partial charge in [0, 0.05) is 6.04 Å². The summed E-state index contributed by atoms with van der Waals surface area (Å²) >= 11 is 0. The monoisotopic (exact) mass is 213 g/mol. The Balaban J connectivity index is 1.99. The van der Waals surface area contributed by atoms with Crippen LogP contribution in [0.25, 0.3) is 0 Å². The third-order valence-corrected chi connectivity index (χ3v) is 5.50. The van der Waals surface area contributed by atoms with E-state index in [0.717, 1.165) is 12.5 Å². The summed E-state index contributed by atoms with van der Waals surface area (Å²) < 4.78 is 12.1. The third kappa shape index (κ3) is 1.52. The van der Waals surface area contributed by atoms with Crippen LogP contribution in [0.3, 0.4) is 0 Å². The summed E-state index contributed by atoms with van der Waals surface area (Å²) in [6.07, 6.45) is 4.70. The first-order valence-electron chi connectivity index (χ1n) is 6.32. The van der Waals surface area contributed by atoms with Crippen LogP contribution in [0.15, 0.2) is 0 Å². The van der Waals surface area contributed by atoms with Crippen LogP contribution >= 0.6 is 0 Å². The average molecular weight is 213 g/mol. The van der Waals surface area contributed by atoms with E-state index >= 15 is 0 Å². The summed E-state index contributed by atoms with van der Waals surface area (Å²) in [4.78, 5) is 0. The average Bonchev–Trinajstić information content (AvgIpc) is 2.51. The predicted molar refractivity (Wildman–Crippen MR) is 61.6 cm³/mol. The minimum atomic E-state index is -0.191. The molecule has 0 radical (unpaired) electrons. The zero-order valence-electron chi connectivity index (χ0n) is 10.3. The highest BCUT2D eigenvalue weighted by Gasteiger charge is 2.60. The second kappa shape index (κ2) is 3.73. The second-order valence-corrected chi connectivity index (χ2v) is 6.16. The zero-order valence-corrected chi connectivity index (χ0v) is 10.3. The smallest absolute Gasteiger partial charge is 0.0906 e. The van der Waals surface area contributed by atoms with E-state index in [1.54, 1.807) is 0 Å². The maximum Gasteiger partial charge on any atom is 0.0906 e. The molecule has 0 aromatic heterocycles. The minimum Gasteiger partial charge on any atom is -0.313 e. The highest BCUT2D eigenvalue weighted by molar-refractivity contribution is 5.12. The van der Waals surface area contributed by atoms with E-state index in [4.69, 9.17) is 0 Å². The van der Waals surface area contributed by atoms with Gasteiger partial charge in [0.05, 0.1) is 6.67 Å². The molecule has 2 aliphatic rings. The fraction of sp³-hybridized carbons (Fsp3) is 1.00. The van der Waals surface area contributed by atoms with Crippen molar-refractivity contribution in [3.63, 3.8) is 0 Å². The molecule has 2 rings (SSSR count). The molecule has 0 aromatic carbocycles. The van der Waals surface area contributed by atoms with E-state index in [0.29, 0.717) is 23.3 Å². The SMILES string of the molecule is CC1(C)[C@H]2CC[C@]1(C)C(NCCCF)C2. The first-order chi connectivity index (χ1) is 7.02. The van der Waals surface area contributed by atoms with Gasteiger partial charge in [0.15, 0.2) is 0 Å². The van der Waals surface area contributed by atoms with Crippen LogP contribution in [0.5, 0.6) is 0 Å². The molecule has 2 heteroatoms. The van der Waals surface area contributed by atoms with Gasteiger partial charge in [0.1, 0.15) is 0 Å². The highest BCUT2D eigenvalue weighted by Crippen LogP contribution is 2.65. The molecular weight excluding hydrogens is 189 g/mol. The van der Waals surface area contributed by atoms with Gasteiger partial charge < -0.3 is 5.32 Å². The summed E-state index contributed by atoms with van der Waals surface area (Å²) in [6, 6.07) is 0.623. The second-order valence-electron chi connectivity index (χ2n) is 6.16. The standard InChI is InChI=1S/C13H24FN/c1-12(2)10-5-6-13(12,3)11(9-10)15-8-4-7-14/h10-11,15H,4-9H2,1-3H3/t10-,11?,13+/m0/s1. The van der Waals surface area contributed by atoms with Gasteiger partial charge in [-0.25, -0.2) is 0 Å². The normalized spacial score (nSPS) is 42.4. The molecule has 1 N–H and O–H groups in total. The van der Waals surface area contributed by atoms with Gasteiger partial charge in [-0.2, -0.15) is 0 Å². The summed E-state index contributed by atoms with van der Waals surface area (Å²) in [6.45, 7) is 7.92. The van der Waals surface area contributed by atoms with E-state index in [-0.39, 0.29) is 6.67 Å². The van der Waals surface area contributed by atoms with Gasteiger partial charge >= 0.3 is 0 Å². The van der Waals surface area contributed by atoms with Crippen LogP contribution in [-0.4, -0.2) is 19.3 Å². The van der Waals surface area contributed by atoms with E-state index in [9.17, 15) is 4.39 Å². The molecule has 2 bridgehead atoms. The topological polar surface area (TPSA) is 12.0 Å². The molecule has 2 saturated carbocycles. The predicted octanol–water partition coefficient (Wildman–Crippen LogP) is 3.15. The number of hydrogen-bond acceptors (Lipinski definition) is 1. The van der Waals surface area contributed by atoms with Crippen molar-refractivity contribution in [3.8, 4) is 0 Å². The molecule has 0 aliphatic heterocycles. The molecule has 0 amide bonds.